The molecule has 140 valence electrons. The Bertz CT molecular complexity index is 610. The van der Waals surface area contributed by atoms with Crippen LogP contribution in [0.4, 0.5) is 39.5 Å². The lowest BCUT2D eigenvalue weighted by Gasteiger charge is -2.14. The first-order valence-electron chi connectivity index (χ1n) is 6.19. The summed E-state index contributed by atoms with van der Waals surface area (Å²) in [7, 11) is 0. The van der Waals surface area contributed by atoms with Crippen LogP contribution >= 0.6 is 13.5 Å². The molecule has 2 rings (SSSR count). The quantitative estimate of drug-likeness (QED) is 0.445. The molecular weight excluding hydrogens is 383 g/mol. The van der Waals surface area contributed by atoms with Gasteiger partial charge in [-0.1, -0.05) is 42.5 Å². The zero-order valence-electron chi connectivity index (χ0n) is 12.1. The third-order valence-corrected chi connectivity index (χ3v) is 2.64. The van der Waals surface area contributed by atoms with E-state index in [1.54, 1.807) is 6.07 Å². The van der Waals surface area contributed by atoms with E-state index in [4.69, 9.17) is 0 Å². The lowest BCUT2D eigenvalue weighted by Crippen LogP contribution is -2.15. The van der Waals surface area contributed by atoms with Gasteiger partial charge in [-0.2, -0.15) is 53.0 Å². The smallest absolute Gasteiger partial charge is 0.197 e. The summed E-state index contributed by atoms with van der Waals surface area (Å²) < 4.78 is 108. The molecule has 0 N–H and O–H groups in total. The molecule has 0 atom stereocenters. The van der Waals surface area contributed by atoms with Crippen LogP contribution in [-0.2, 0) is 18.5 Å². The van der Waals surface area contributed by atoms with Crippen LogP contribution in [0.3, 0.4) is 0 Å². The second kappa shape index (κ2) is 8.50. The van der Waals surface area contributed by atoms with Crippen LogP contribution in [-0.4, -0.2) is 0 Å². The molecule has 0 radical (unpaired) electrons. The van der Waals surface area contributed by atoms with Crippen molar-refractivity contribution in [1.82, 2.24) is 0 Å². The molecule has 0 saturated carbocycles. The summed E-state index contributed by atoms with van der Waals surface area (Å²) in [6.07, 6.45) is -14.2. The fourth-order valence-corrected chi connectivity index (χ4v) is 1.60. The van der Waals surface area contributed by atoms with Crippen molar-refractivity contribution >= 4 is 13.5 Å². The number of benzene rings is 2. The van der Waals surface area contributed by atoms with Crippen LogP contribution in [0.5, 0.6) is 0 Å². The average molecular weight is 394 g/mol. The molecule has 0 aliphatic carbocycles. The number of alkyl halides is 9. The van der Waals surface area contributed by atoms with Gasteiger partial charge in [0.15, 0.2) is 0 Å². The van der Waals surface area contributed by atoms with Gasteiger partial charge in [0.05, 0.1) is 16.7 Å². The monoisotopic (exact) mass is 394 g/mol. The maximum Gasteiger partial charge on any atom is 0.417 e. The van der Waals surface area contributed by atoms with E-state index in [0.717, 1.165) is 24.3 Å². The van der Waals surface area contributed by atoms with Crippen LogP contribution < -0.4 is 0 Å². The normalized spacial score (nSPS) is 11.9. The molecule has 2 aromatic carbocycles. The van der Waals surface area contributed by atoms with Crippen molar-refractivity contribution in [2.75, 3.05) is 0 Å². The van der Waals surface area contributed by atoms with Crippen LogP contribution in [0.1, 0.15) is 16.7 Å². The fraction of sp³-hybridized carbons (Fsp3) is 0.200. The summed E-state index contributed by atoms with van der Waals surface area (Å²) in [5, 5.41) is 0. The molecule has 0 spiro atoms. The van der Waals surface area contributed by atoms with Crippen LogP contribution in [0, 0.1) is 0 Å². The van der Waals surface area contributed by atoms with E-state index in [-0.39, 0.29) is 13.5 Å². The minimum Gasteiger partial charge on any atom is -0.197 e. The second-order valence-corrected chi connectivity index (χ2v) is 4.40. The molecule has 0 unspecified atom stereocenters. The fourth-order valence-electron chi connectivity index (χ4n) is 1.60. The van der Waals surface area contributed by atoms with Crippen molar-refractivity contribution in [3.8, 4) is 0 Å². The molecule has 0 amide bonds. The Hall–Kier alpha value is -1.84. The first kappa shape index (κ1) is 23.2. The molecule has 0 fully saturated rings. The molecule has 25 heavy (non-hydrogen) atoms. The standard InChI is InChI=1S/C8H4F6.C7H5F3.H2S/c9-7(10,11)5-3-1-2-4-6(5)8(12,13)14;8-7(9,10)6-4-2-1-3-5-6;/h1-4H;1-5H;1H2. The molecule has 0 bridgehead atoms. The summed E-state index contributed by atoms with van der Waals surface area (Å²) in [6.45, 7) is 0. The van der Waals surface area contributed by atoms with Crippen molar-refractivity contribution in [3.63, 3.8) is 0 Å². The third kappa shape index (κ3) is 7.29. The molecule has 0 aromatic heterocycles. The van der Waals surface area contributed by atoms with Gasteiger partial charge in [0.1, 0.15) is 0 Å². The van der Waals surface area contributed by atoms with Gasteiger partial charge in [-0.15, -0.1) is 0 Å². The van der Waals surface area contributed by atoms with Crippen molar-refractivity contribution < 1.29 is 39.5 Å². The molecular formula is C15H11F9S. The van der Waals surface area contributed by atoms with Gasteiger partial charge >= 0.3 is 18.5 Å². The van der Waals surface area contributed by atoms with Gasteiger partial charge in [-0.3, -0.25) is 0 Å². The van der Waals surface area contributed by atoms with Crippen LogP contribution in [0.25, 0.3) is 0 Å². The summed E-state index contributed by atoms with van der Waals surface area (Å²) in [5.41, 5.74) is -3.92. The van der Waals surface area contributed by atoms with Crippen LogP contribution in [0.2, 0.25) is 0 Å². The predicted octanol–water partition coefficient (Wildman–Crippen LogP) is 6.54. The first-order chi connectivity index (χ1) is 10.8. The number of hydrogen-bond acceptors (Lipinski definition) is 0. The van der Waals surface area contributed by atoms with E-state index < -0.39 is 35.2 Å². The number of halogens is 9. The molecule has 2 aromatic rings. The highest BCUT2D eigenvalue weighted by Gasteiger charge is 2.42. The van der Waals surface area contributed by atoms with Gasteiger partial charge < -0.3 is 0 Å². The third-order valence-electron chi connectivity index (χ3n) is 2.64. The van der Waals surface area contributed by atoms with E-state index in [9.17, 15) is 39.5 Å². The summed E-state index contributed by atoms with van der Waals surface area (Å²) in [5.74, 6) is 0. The maximum atomic E-state index is 12.1. The summed E-state index contributed by atoms with van der Waals surface area (Å²) in [6, 6.07) is 9.00. The van der Waals surface area contributed by atoms with E-state index in [1.807, 2.05) is 0 Å². The average Bonchev–Trinajstić information content (AvgIpc) is 2.46. The first-order valence-corrected chi connectivity index (χ1v) is 6.19. The SMILES string of the molecule is FC(F)(F)c1ccccc1.FC(F)(F)c1ccccc1C(F)(F)F.S. The summed E-state index contributed by atoms with van der Waals surface area (Å²) >= 11 is 0. The largest absolute Gasteiger partial charge is 0.417 e. The van der Waals surface area contributed by atoms with Gasteiger partial charge in [0.2, 0.25) is 0 Å². The Morgan fingerprint density at radius 3 is 1.00 bits per heavy atom. The zero-order chi connectivity index (χ0) is 18.6. The Morgan fingerprint density at radius 2 is 0.760 bits per heavy atom. The second-order valence-electron chi connectivity index (χ2n) is 4.40. The van der Waals surface area contributed by atoms with Gasteiger partial charge in [-0.05, 0) is 12.1 Å². The topological polar surface area (TPSA) is 0 Å². The minimum atomic E-state index is -4.98. The van der Waals surface area contributed by atoms with Crippen molar-refractivity contribution in [1.29, 1.82) is 0 Å². The molecule has 0 heterocycles. The molecule has 0 saturated heterocycles. The van der Waals surface area contributed by atoms with Crippen molar-refractivity contribution in [3.05, 3.63) is 71.3 Å². The van der Waals surface area contributed by atoms with E-state index in [0.29, 0.717) is 12.1 Å². The lowest BCUT2D eigenvalue weighted by atomic mass is 10.1. The highest BCUT2D eigenvalue weighted by atomic mass is 32.1. The molecule has 0 aliphatic heterocycles. The van der Waals surface area contributed by atoms with E-state index in [1.165, 1.54) is 12.1 Å². The molecule has 0 aliphatic rings. The Morgan fingerprint density at radius 1 is 0.440 bits per heavy atom. The minimum absolute atomic E-state index is 0. The van der Waals surface area contributed by atoms with Crippen molar-refractivity contribution in [2.45, 2.75) is 18.5 Å². The van der Waals surface area contributed by atoms with E-state index >= 15 is 0 Å². The Kier molecular flexibility index (Phi) is 7.88. The Labute approximate surface area is 143 Å². The van der Waals surface area contributed by atoms with Gasteiger partial charge in [0, 0.05) is 0 Å². The lowest BCUT2D eigenvalue weighted by molar-refractivity contribution is -0.162. The molecule has 10 heteroatoms. The highest BCUT2D eigenvalue weighted by molar-refractivity contribution is 7.59. The molecule has 0 nitrogen and oxygen atoms in total. The van der Waals surface area contributed by atoms with Crippen molar-refractivity contribution in [2.24, 2.45) is 0 Å². The highest BCUT2D eigenvalue weighted by Crippen LogP contribution is 2.39. The number of hydrogen-bond donors (Lipinski definition) is 0. The maximum absolute atomic E-state index is 12.1. The van der Waals surface area contributed by atoms with Crippen LogP contribution in [0.15, 0.2) is 54.6 Å². The predicted molar refractivity (Wildman–Crippen MR) is 78.3 cm³/mol. The summed E-state index contributed by atoms with van der Waals surface area (Å²) in [4.78, 5) is 0. The van der Waals surface area contributed by atoms with E-state index in [2.05, 4.69) is 0 Å². The zero-order valence-corrected chi connectivity index (χ0v) is 13.1. The number of rotatable bonds is 0. The van der Waals surface area contributed by atoms with Gasteiger partial charge in [-0.25, -0.2) is 0 Å². The Balaban J connectivity index is 0.000000465. The van der Waals surface area contributed by atoms with Gasteiger partial charge in [0.25, 0.3) is 0 Å².